The number of methoxy groups -OCH3 is 1. The zero-order valence-corrected chi connectivity index (χ0v) is 33.0. The molecular weight excluding hydrogens is 719 g/mol. The van der Waals surface area contributed by atoms with E-state index < -0.39 is 30.4 Å². The second-order valence-electron chi connectivity index (χ2n) is 14.7. The van der Waals surface area contributed by atoms with Gasteiger partial charge < -0.3 is 35.1 Å². The van der Waals surface area contributed by atoms with Crippen molar-refractivity contribution in [2.24, 2.45) is 5.92 Å². The second kappa shape index (κ2) is 19.7. The molecule has 1 fully saturated rings. The zero-order valence-electron chi connectivity index (χ0n) is 33.0. The van der Waals surface area contributed by atoms with Crippen molar-refractivity contribution >= 4 is 12.0 Å². The van der Waals surface area contributed by atoms with E-state index in [4.69, 9.17) is 14.2 Å². The summed E-state index contributed by atoms with van der Waals surface area (Å²) in [5.41, 5.74) is 7.26. The highest BCUT2D eigenvalue weighted by Crippen LogP contribution is 2.42. The minimum absolute atomic E-state index is 0.0261. The van der Waals surface area contributed by atoms with E-state index in [9.17, 15) is 19.8 Å². The average Bonchev–Trinajstić information content (AvgIpc) is 3.26. The minimum atomic E-state index is -0.837. The lowest BCUT2D eigenvalue weighted by atomic mass is 9.89. The van der Waals surface area contributed by atoms with Crippen LogP contribution in [0.3, 0.4) is 0 Å². The molecule has 0 unspecified atom stereocenters. The van der Waals surface area contributed by atoms with E-state index in [1.54, 1.807) is 0 Å². The molecule has 10 heteroatoms. The van der Waals surface area contributed by atoms with Crippen LogP contribution in [0.4, 0.5) is 4.79 Å². The van der Waals surface area contributed by atoms with Crippen LogP contribution in [0, 0.1) is 5.92 Å². The van der Waals surface area contributed by atoms with Gasteiger partial charge in [-0.05, 0) is 52.9 Å². The molecule has 7 atom stereocenters. The first-order valence-electron chi connectivity index (χ1n) is 19.4. The summed E-state index contributed by atoms with van der Waals surface area (Å²) >= 11 is 0. The van der Waals surface area contributed by atoms with Gasteiger partial charge in [-0.1, -0.05) is 140 Å². The number of benzene rings is 5. The Bertz CT molecular complexity index is 2030. The number of ether oxygens (including phenoxy) is 3. The van der Waals surface area contributed by atoms with Crippen LogP contribution in [-0.2, 0) is 38.6 Å². The SMILES string of the molecule is COC(=O)[C@H](Cc1ccccc1)NC(=O)NCc1ccccc1-c1ccc([C@@H]2O[C@H](CN(C)[C@@H](C)[C@H](O)c3ccccc3)[C@H](C)[C@H](c3ccc(CO)cc3)O2)cc1. The maximum Gasteiger partial charge on any atom is 0.328 e. The summed E-state index contributed by atoms with van der Waals surface area (Å²) < 4.78 is 18.4. The number of carbonyl (C=O) groups is 2. The Kier molecular flexibility index (Phi) is 14.2. The summed E-state index contributed by atoms with van der Waals surface area (Å²) in [5, 5.41) is 26.6. The van der Waals surface area contributed by atoms with E-state index in [0.29, 0.717) is 13.0 Å². The molecule has 57 heavy (non-hydrogen) atoms. The first-order chi connectivity index (χ1) is 27.6. The topological polar surface area (TPSA) is 130 Å². The highest BCUT2D eigenvalue weighted by molar-refractivity contribution is 5.84. The Morgan fingerprint density at radius 3 is 2.11 bits per heavy atom. The number of esters is 1. The number of urea groups is 1. The third-order valence-electron chi connectivity index (χ3n) is 10.9. The number of nitrogens with one attached hydrogen (secondary N) is 2. The quantitative estimate of drug-likeness (QED) is 0.0819. The van der Waals surface area contributed by atoms with E-state index in [1.807, 2.05) is 147 Å². The van der Waals surface area contributed by atoms with Crippen LogP contribution >= 0.6 is 0 Å². The predicted molar refractivity (Wildman–Crippen MR) is 220 cm³/mol. The predicted octanol–water partition coefficient (Wildman–Crippen LogP) is 7.27. The van der Waals surface area contributed by atoms with Crippen molar-refractivity contribution in [2.75, 3.05) is 20.7 Å². The van der Waals surface area contributed by atoms with E-state index >= 15 is 0 Å². The van der Waals surface area contributed by atoms with Crippen molar-refractivity contribution in [1.29, 1.82) is 0 Å². The Labute approximate surface area is 335 Å². The van der Waals surface area contributed by atoms with Crippen LogP contribution < -0.4 is 10.6 Å². The third kappa shape index (κ3) is 10.5. The molecule has 5 aromatic carbocycles. The fraction of sp³-hybridized carbons (Fsp3) is 0.319. The smallest absolute Gasteiger partial charge is 0.328 e. The average molecular weight is 772 g/mol. The normalized spacial score (nSPS) is 19.6. The van der Waals surface area contributed by atoms with Gasteiger partial charge in [-0.25, -0.2) is 9.59 Å². The molecule has 6 rings (SSSR count). The van der Waals surface area contributed by atoms with Crippen LogP contribution in [0.2, 0.25) is 0 Å². The lowest BCUT2D eigenvalue weighted by molar-refractivity contribution is -0.276. The largest absolute Gasteiger partial charge is 0.467 e. The van der Waals surface area contributed by atoms with Crippen molar-refractivity contribution in [3.63, 3.8) is 0 Å². The molecule has 10 nitrogen and oxygen atoms in total. The first kappa shape index (κ1) is 41.3. The number of aliphatic hydroxyl groups is 2. The van der Waals surface area contributed by atoms with Gasteiger partial charge in [0.15, 0.2) is 6.29 Å². The zero-order chi connectivity index (χ0) is 40.3. The molecule has 298 valence electrons. The Hall–Kier alpha value is -5.36. The summed E-state index contributed by atoms with van der Waals surface area (Å²) in [6.07, 6.45) is -1.54. The molecule has 1 heterocycles. The number of hydrogen-bond acceptors (Lipinski definition) is 8. The first-order valence-corrected chi connectivity index (χ1v) is 19.4. The van der Waals surface area contributed by atoms with Gasteiger partial charge in [-0.15, -0.1) is 0 Å². The van der Waals surface area contributed by atoms with E-state index in [2.05, 4.69) is 22.5 Å². The minimum Gasteiger partial charge on any atom is -0.467 e. The molecule has 1 saturated heterocycles. The van der Waals surface area contributed by atoms with Crippen LogP contribution in [0.5, 0.6) is 0 Å². The van der Waals surface area contributed by atoms with Crippen molar-refractivity contribution < 1.29 is 34.0 Å². The molecule has 2 amide bonds. The fourth-order valence-corrected chi connectivity index (χ4v) is 7.29. The number of amides is 2. The summed E-state index contributed by atoms with van der Waals surface area (Å²) in [5.74, 6) is -0.544. The number of rotatable bonds is 15. The summed E-state index contributed by atoms with van der Waals surface area (Å²) in [6.45, 7) is 4.92. The fourth-order valence-electron chi connectivity index (χ4n) is 7.29. The van der Waals surface area contributed by atoms with Gasteiger partial charge in [0, 0.05) is 37.0 Å². The molecule has 0 radical (unpaired) electrons. The Morgan fingerprint density at radius 2 is 1.44 bits per heavy atom. The number of hydrogen-bond donors (Lipinski definition) is 4. The lowest BCUT2D eigenvalue weighted by Gasteiger charge is -2.43. The van der Waals surface area contributed by atoms with Crippen LogP contribution in [0.1, 0.15) is 65.7 Å². The van der Waals surface area contributed by atoms with Crippen LogP contribution in [-0.4, -0.2) is 66.0 Å². The maximum atomic E-state index is 13.0. The molecule has 4 N–H and O–H groups in total. The number of aliphatic hydroxyl groups excluding tert-OH is 2. The van der Waals surface area contributed by atoms with Gasteiger partial charge in [0.1, 0.15) is 6.04 Å². The van der Waals surface area contributed by atoms with Crippen LogP contribution in [0.25, 0.3) is 11.1 Å². The molecule has 1 aliphatic heterocycles. The lowest BCUT2D eigenvalue weighted by Crippen LogP contribution is -2.47. The Balaban J connectivity index is 1.17. The second-order valence-corrected chi connectivity index (χ2v) is 14.7. The molecular formula is C47H53N3O7. The van der Waals surface area contributed by atoms with Gasteiger partial charge in [-0.3, -0.25) is 4.90 Å². The number of likely N-dealkylation sites (N-methyl/N-ethyl adjacent to an activating group) is 1. The number of carbonyl (C=O) groups excluding carboxylic acids is 2. The van der Waals surface area contributed by atoms with Gasteiger partial charge >= 0.3 is 12.0 Å². The van der Waals surface area contributed by atoms with Crippen molar-refractivity contribution in [2.45, 2.75) is 70.1 Å². The summed E-state index contributed by atoms with van der Waals surface area (Å²) in [7, 11) is 3.32. The molecule has 0 saturated carbocycles. The van der Waals surface area contributed by atoms with E-state index in [1.165, 1.54) is 7.11 Å². The molecule has 5 aromatic rings. The molecule has 1 aliphatic rings. The van der Waals surface area contributed by atoms with Gasteiger partial charge in [-0.2, -0.15) is 0 Å². The summed E-state index contributed by atoms with van der Waals surface area (Å²) in [6, 6.07) is 41.4. The maximum absolute atomic E-state index is 13.0. The standard InChI is InChI=1S/C47H53N3O7/c1-31-42(29-50(3)32(2)43(52)36-15-9-6-10-16-36)56-46(57-44(31)37-21-19-34(30-51)20-22-37)38-25-23-35(24-26-38)40-18-12-11-17-39(40)28-48-47(54)49-41(45(53)55-4)27-33-13-7-5-8-14-33/h5-26,31-32,41-44,46,51-52H,27-30H2,1-4H3,(H2,48,49,54)/t31-,32-,41-,42+,43-,44+,46+/m0/s1. The number of nitrogens with zero attached hydrogens (tertiary/aromatic N) is 1. The monoisotopic (exact) mass is 771 g/mol. The van der Waals surface area contributed by atoms with E-state index in [0.717, 1.165) is 44.5 Å². The summed E-state index contributed by atoms with van der Waals surface area (Å²) in [4.78, 5) is 27.7. The van der Waals surface area contributed by atoms with Gasteiger partial charge in [0.25, 0.3) is 0 Å². The van der Waals surface area contributed by atoms with E-state index in [-0.39, 0.29) is 37.3 Å². The van der Waals surface area contributed by atoms with Gasteiger partial charge in [0.2, 0.25) is 0 Å². The Morgan fingerprint density at radius 1 is 0.807 bits per heavy atom. The highest BCUT2D eigenvalue weighted by Gasteiger charge is 2.39. The van der Waals surface area contributed by atoms with Crippen molar-refractivity contribution in [3.05, 3.63) is 167 Å². The van der Waals surface area contributed by atoms with Crippen LogP contribution in [0.15, 0.2) is 133 Å². The van der Waals surface area contributed by atoms with Crippen molar-refractivity contribution in [1.82, 2.24) is 15.5 Å². The van der Waals surface area contributed by atoms with Gasteiger partial charge in [0.05, 0.1) is 32.0 Å². The third-order valence-corrected chi connectivity index (χ3v) is 10.9. The molecule has 0 aromatic heterocycles. The van der Waals surface area contributed by atoms with Crippen molar-refractivity contribution in [3.8, 4) is 11.1 Å². The molecule has 0 aliphatic carbocycles. The molecule has 0 bridgehead atoms. The molecule has 0 spiro atoms. The highest BCUT2D eigenvalue weighted by atomic mass is 16.7.